The Morgan fingerprint density at radius 3 is 3.06 bits per heavy atom. The molecular weight excluding hydrogens is 270 g/mol. The maximum Gasteiger partial charge on any atom is 0.287 e. The van der Waals surface area contributed by atoms with Gasteiger partial charge in [-0.2, -0.15) is 16.9 Å². The molecule has 0 aliphatic rings. The summed E-state index contributed by atoms with van der Waals surface area (Å²) in [4.78, 5) is 11.8. The molecule has 100 valence electrons. The lowest BCUT2D eigenvalue weighted by Crippen LogP contribution is -2.24. The summed E-state index contributed by atoms with van der Waals surface area (Å²) in [5.74, 6) is 0. The first kappa shape index (κ1) is 15.1. The summed E-state index contributed by atoms with van der Waals surface area (Å²) in [6.07, 6.45) is 6.28. The number of anilines is 1. The number of rotatable bonds is 7. The van der Waals surface area contributed by atoms with E-state index in [-0.39, 0.29) is 10.6 Å². The van der Waals surface area contributed by atoms with Crippen molar-refractivity contribution >= 4 is 29.1 Å². The van der Waals surface area contributed by atoms with Crippen molar-refractivity contribution in [3.8, 4) is 0 Å². The van der Waals surface area contributed by atoms with Crippen molar-refractivity contribution in [3.63, 3.8) is 0 Å². The van der Waals surface area contributed by atoms with Gasteiger partial charge in [0.2, 0.25) is 0 Å². The van der Waals surface area contributed by atoms with Gasteiger partial charge in [0.05, 0.1) is 18.4 Å². The first-order chi connectivity index (χ1) is 8.60. The zero-order valence-electron chi connectivity index (χ0n) is 10.6. The van der Waals surface area contributed by atoms with Gasteiger partial charge in [0.25, 0.3) is 5.56 Å². The molecular formula is C12H18ClN3OS. The van der Waals surface area contributed by atoms with Crippen LogP contribution in [0.3, 0.4) is 0 Å². The van der Waals surface area contributed by atoms with Gasteiger partial charge >= 0.3 is 0 Å². The second kappa shape index (κ2) is 7.48. The van der Waals surface area contributed by atoms with Gasteiger partial charge in [-0.25, -0.2) is 4.68 Å². The highest BCUT2D eigenvalue weighted by Gasteiger charge is 2.08. The molecule has 0 saturated carbocycles. The summed E-state index contributed by atoms with van der Waals surface area (Å²) in [6.45, 7) is 6.86. The van der Waals surface area contributed by atoms with E-state index in [9.17, 15) is 4.79 Å². The third kappa shape index (κ3) is 4.07. The van der Waals surface area contributed by atoms with Gasteiger partial charge in [0, 0.05) is 11.8 Å². The SMILES string of the molecule is C=CCn1ncc(NCCC(C)SC)c(Cl)c1=O. The van der Waals surface area contributed by atoms with Crippen molar-refractivity contribution < 1.29 is 0 Å². The second-order valence-electron chi connectivity index (χ2n) is 3.91. The predicted molar refractivity (Wildman–Crippen MR) is 79.8 cm³/mol. The maximum absolute atomic E-state index is 11.8. The second-order valence-corrected chi connectivity index (χ2v) is 5.56. The molecule has 18 heavy (non-hydrogen) atoms. The third-order valence-corrected chi connectivity index (χ3v) is 3.96. The summed E-state index contributed by atoms with van der Waals surface area (Å²) < 4.78 is 1.28. The predicted octanol–water partition coefficient (Wildman–Crippen LogP) is 2.64. The van der Waals surface area contributed by atoms with Crippen LogP contribution in [-0.2, 0) is 6.54 Å². The fourth-order valence-corrected chi connectivity index (χ4v) is 1.94. The van der Waals surface area contributed by atoms with Crippen LogP contribution in [0.4, 0.5) is 5.69 Å². The van der Waals surface area contributed by atoms with Crippen molar-refractivity contribution in [3.05, 3.63) is 34.2 Å². The van der Waals surface area contributed by atoms with E-state index in [0.29, 0.717) is 17.5 Å². The Bertz CT molecular complexity index is 461. The molecule has 0 aliphatic carbocycles. The molecule has 0 amide bonds. The molecule has 0 radical (unpaired) electrons. The molecule has 4 nitrogen and oxygen atoms in total. The average molecular weight is 288 g/mol. The fourth-order valence-electron chi connectivity index (χ4n) is 1.37. The van der Waals surface area contributed by atoms with Crippen LogP contribution in [0.2, 0.25) is 5.02 Å². The highest BCUT2D eigenvalue weighted by atomic mass is 35.5. The number of thioether (sulfide) groups is 1. The van der Waals surface area contributed by atoms with Gasteiger partial charge in [-0.3, -0.25) is 4.79 Å². The van der Waals surface area contributed by atoms with Gasteiger partial charge < -0.3 is 5.32 Å². The summed E-state index contributed by atoms with van der Waals surface area (Å²) >= 11 is 7.82. The normalized spacial score (nSPS) is 12.2. The monoisotopic (exact) mass is 287 g/mol. The van der Waals surface area contributed by atoms with Crippen LogP contribution in [0.5, 0.6) is 0 Å². The van der Waals surface area contributed by atoms with Gasteiger partial charge in [0.15, 0.2) is 0 Å². The first-order valence-electron chi connectivity index (χ1n) is 5.73. The largest absolute Gasteiger partial charge is 0.382 e. The van der Waals surface area contributed by atoms with E-state index < -0.39 is 0 Å². The molecule has 1 atom stereocenters. The summed E-state index contributed by atoms with van der Waals surface area (Å²) in [6, 6.07) is 0. The Labute approximate surface area is 116 Å². The maximum atomic E-state index is 11.8. The summed E-state index contributed by atoms with van der Waals surface area (Å²) in [5, 5.41) is 7.93. The minimum absolute atomic E-state index is 0.184. The fraction of sp³-hybridized carbons (Fsp3) is 0.500. The topological polar surface area (TPSA) is 46.9 Å². The van der Waals surface area contributed by atoms with E-state index in [0.717, 1.165) is 13.0 Å². The van der Waals surface area contributed by atoms with Gasteiger partial charge in [0.1, 0.15) is 5.02 Å². The molecule has 6 heteroatoms. The molecule has 0 aliphatic heterocycles. The summed E-state index contributed by atoms with van der Waals surface area (Å²) in [5.41, 5.74) is 0.301. The average Bonchev–Trinajstić information content (AvgIpc) is 2.37. The summed E-state index contributed by atoms with van der Waals surface area (Å²) in [7, 11) is 0. The molecule has 0 bridgehead atoms. The number of allylic oxidation sites excluding steroid dienone is 1. The number of halogens is 1. The molecule has 1 unspecified atom stereocenters. The van der Waals surface area contributed by atoms with E-state index in [4.69, 9.17) is 11.6 Å². The van der Waals surface area contributed by atoms with Crippen LogP contribution in [-0.4, -0.2) is 27.8 Å². The molecule has 1 heterocycles. The Morgan fingerprint density at radius 2 is 2.44 bits per heavy atom. The highest BCUT2D eigenvalue weighted by Crippen LogP contribution is 2.16. The van der Waals surface area contributed by atoms with Gasteiger partial charge in [-0.15, -0.1) is 6.58 Å². The van der Waals surface area contributed by atoms with Crippen molar-refractivity contribution in [2.75, 3.05) is 18.1 Å². The van der Waals surface area contributed by atoms with Gasteiger partial charge in [-0.05, 0) is 12.7 Å². The Hall–Kier alpha value is -0.940. The molecule has 0 aromatic carbocycles. The molecule has 0 saturated heterocycles. The first-order valence-corrected chi connectivity index (χ1v) is 7.40. The van der Waals surface area contributed by atoms with Crippen LogP contribution in [0.1, 0.15) is 13.3 Å². The van der Waals surface area contributed by atoms with E-state index >= 15 is 0 Å². The van der Waals surface area contributed by atoms with E-state index in [2.05, 4.69) is 30.2 Å². The van der Waals surface area contributed by atoms with Crippen LogP contribution >= 0.6 is 23.4 Å². The van der Waals surface area contributed by atoms with E-state index in [1.807, 2.05) is 11.8 Å². The number of aromatic nitrogens is 2. The van der Waals surface area contributed by atoms with Gasteiger partial charge in [-0.1, -0.05) is 24.6 Å². The van der Waals surface area contributed by atoms with E-state index in [1.165, 1.54) is 4.68 Å². The molecule has 1 rings (SSSR count). The molecule has 0 spiro atoms. The number of nitrogens with zero attached hydrogens (tertiary/aromatic N) is 2. The minimum atomic E-state index is -0.292. The quantitative estimate of drug-likeness (QED) is 0.783. The third-order valence-electron chi connectivity index (χ3n) is 2.56. The minimum Gasteiger partial charge on any atom is -0.382 e. The lowest BCUT2D eigenvalue weighted by atomic mass is 10.3. The van der Waals surface area contributed by atoms with Crippen LogP contribution < -0.4 is 10.9 Å². The van der Waals surface area contributed by atoms with E-state index in [1.54, 1.807) is 12.3 Å². The van der Waals surface area contributed by atoms with Crippen molar-refractivity contribution in [2.45, 2.75) is 25.1 Å². The Balaban J connectivity index is 2.70. The highest BCUT2D eigenvalue weighted by molar-refractivity contribution is 7.99. The lowest BCUT2D eigenvalue weighted by molar-refractivity contribution is 0.652. The zero-order chi connectivity index (χ0) is 13.5. The zero-order valence-corrected chi connectivity index (χ0v) is 12.2. The smallest absolute Gasteiger partial charge is 0.287 e. The van der Waals surface area contributed by atoms with Crippen LogP contribution in [0.25, 0.3) is 0 Å². The van der Waals surface area contributed by atoms with Crippen LogP contribution in [0, 0.1) is 0 Å². The number of nitrogens with one attached hydrogen (secondary N) is 1. The lowest BCUT2D eigenvalue weighted by Gasteiger charge is -2.11. The molecule has 0 fully saturated rings. The number of hydrogen-bond acceptors (Lipinski definition) is 4. The molecule has 1 aromatic heterocycles. The Kier molecular flexibility index (Phi) is 6.29. The van der Waals surface area contributed by atoms with Crippen molar-refractivity contribution in [1.29, 1.82) is 0 Å². The number of hydrogen-bond donors (Lipinski definition) is 1. The van der Waals surface area contributed by atoms with Crippen molar-refractivity contribution in [2.24, 2.45) is 0 Å². The molecule has 1 aromatic rings. The van der Waals surface area contributed by atoms with Crippen LogP contribution in [0.15, 0.2) is 23.6 Å². The Morgan fingerprint density at radius 1 is 1.72 bits per heavy atom. The standard InChI is InChI=1S/C12H18ClN3OS/c1-4-7-16-12(17)11(13)10(8-15-16)14-6-5-9(2)18-3/h4,8-9,14H,1,5-7H2,2-3H3. The molecule has 1 N–H and O–H groups in total. The van der Waals surface area contributed by atoms with Crippen molar-refractivity contribution in [1.82, 2.24) is 9.78 Å².